The number of amides is 2. The van der Waals surface area contributed by atoms with Crippen LogP contribution in [0.25, 0.3) is 10.9 Å². The predicted octanol–water partition coefficient (Wildman–Crippen LogP) is 3.81. The number of imide groups is 1. The highest BCUT2D eigenvalue weighted by Crippen LogP contribution is 2.28. The minimum atomic E-state index is -1.31. The summed E-state index contributed by atoms with van der Waals surface area (Å²) in [6, 6.07) is 21.3. The van der Waals surface area contributed by atoms with Crippen molar-refractivity contribution in [3.63, 3.8) is 0 Å². The number of hydrogen-bond acceptors (Lipinski definition) is 7. The Morgan fingerprint density at radius 3 is 2.39 bits per heavy atom. The van der Waals surface area contributed by atoms with E-state index in [0.717, 1.165) is 16.6 Å². The average molecular weight is 486 g/mol. The van der Waals surface area contributed by atoms with E-state index in [1.165, 1.54) is 12.1 Å². The highest BCUT2D eigenvalue weighted by molar-refractivity contribution is 6.03. The van der Waals surface area contributed by atoms with Gasteiger partial charge in [-0.2, -0.15) is 5.10 Å². The number of nitro benzene ring substituents is 1. The van der Waals surface area contributed by atoms with Crippen molar-refractivity contribution < 1.29 is 24.0 Å². The number of non-ortho nitro benzene ring substituents is 1. The van der Waals surface area contributed by atoms with Crippen LogP contribution in [0.4, 0.5) is 10.5 Å². The summed E-state index contributed by atoms with van der Waals surface area (Å²) in [7, 11) is 0. The third-order valence-corrected chi connectivity index (χ3v) is 6.07. The van der Waals surface area contributed by atoms with Crippen molar-refractivity contribution in [3.05, 3.63) is 100 Å². The highest BCUT2D eigenvalue weighted by Gasteiger charge is 2.49. The number of fused-ring (bicyclic) bond motifs is 1. The molecule has 0 bridgehead atoms. The summed E-state index contributed by atoms with van der Waals surface area (Å²) < 4.78 is 13.1. The molecule has 4 aromatic rings. The van der Waals surface area contributed by atoms with Gasteiger partial charge in [-0.25, -0.2) is 4.79 Å². The molecule has 10 nitrogen and oxygen atoms in total. The number of ether oxygens (including phenoxy) is 2. The Labute approximate surface area is 205 Å². The molecule has 1 fully saturated rings. The van der Waals surface area contributed by atoms with Gasteiger partial charge in [0.05, 0.1) is 23.2 Å². The first-order chi connectivity index (χ1) is 17.4. The molecule has 182 valence electrons. The molecular weight excluding hydrogens is 464 g/mol. The molecule has 1 saturated heterocycles. The molecule has 2 amide bonds. The Balaban J connectivity index is 1.23. The minimum Gasteiger partial charge on any atom is -0.492 e. The molecule has 0 aliphatic carbocycles. The van der Waals surface area contributed by atoms with E-state index >= 15 is 0 Å². The summed E-state index contributed by atoms with van der Waals surface area (Å²) in [5.41, 5.74) is 1.21. The van der Waals surface area contributed by atoms with E-state index in [-0.39, 0.29) is 18.5 Å². The number of nitrogens with zero attached hydrogens (tertiary/aromatic N) is 3. The lowest BCUT2D eigenvalue weighted by molar-refractivity contribution is -0.384. The first kappa shape index (κ1) is 23.0. The Morgan fingerprint density at radius 1 is 1.00 bits per heavy atom. The number of nitrogens with one attached hydrogen (secondary N) is 1. The fourth-order valence-corrected chi connectivity index (χ4v) is 4.33. The van der Waals surface area contributed by atoms with Crippen molar-refractivity contribution in [3.8, 4) is 5.75 Å². The minimum absolute atomic E-state index is 0.0220. The van der Waals surface area contributed by atoms with Gasteiger partial charge in [-0.3, -0.25) is 24.9 Å². The quantitative estimate of drug-likeness (QED) is 0.282. The highest BCUT2D eigenvalue weighted by atomic mass is 16.6. The van der Waals surface area contributed by atoms with Crippen LogP contribution >= 0.6 is 0 Å². The number of hydrogen-bond donors (Lipinski definition) is 1. The fourth-order valence-electron chi connectivity index (χ4n) is 4.33. The number of nitro groups is 1. The molecule has 1 aromatic heterocycles. The second kappa shape index (κ2) is 9.49. The Hall–Kier alpha value is -4.73. The van der Waals surface area contributed by atoms with E-state index in [4.69, 9.17) is 9.47 Å². The smallest absolute Gasteiger partial charge is 0.415 e. The van der Waals surface area contributed by atoms with Crippen molar-refractivity contribution in [2.24, 2.45) is 0 Å². The molecule has 1 aliphatic rings. The molecule has 1 aliphatic heterocycles. The first-order valence-corrected chi connectivity index (χ1v) is 11.3. The van der Waals surface area contributed by atoms with E-state index in [9.17, 15) is 19.7 Å². The summed E-state index contributed by atoms with van der Waals surface area (Å²) in [4.78, 5) is 35.0. The van der Waals surface area contributed by atoms with Crippen LogP contribution in [-0.2, 0) is 28.9 Å². The Kier molecular flexibility index (Phi) is 6.07. The maximum Gasteiger partial charge on any atom is 0.415 e. The van der Waals surface area contributed by atoms with Gasteiger partial charge in [-0.05, 0) is 29.3 Å². The molecule has 36 heavy (non-hydrogen) atoms. The second-order valence-corrected chi connectivity index (χ2v) is 8.54. The van der Waals surface area contributed by atoms with Gasteiger partial charge < -0.3 is 9.47 Å². The van der Waals surface area contributed by atoms with Crippen LogP contribution in [0.3, 0.4) is 0 Å². The van der Waals surface area contributed by atoms with Crippen LogP contribution in [0.1, 0.15) is 11.1 Å². The standard InChI is InChI=1S/C26H22N4O6/c31-24-26(36-25(32)28-24,15-18-4-2-1-3-5-18)16-19-6-9-22(10-7-19)35-13-12-29-23-11-8-21(30(33)34)14-20(23)17-27-29/h1-11,14,17H,12-13,15-16H2,(H,28,31,32). The molecule has 1 N–H and O–H groups in total. The molecule has 0 spiro atoms. The SMILES string of the molecule is O=C1NC(=O)C(Cc2ccccc2)(Cc2ccc(OCCn3ncc4cc([N+](=O)[O-])ccc43)cc2)O1. The van der Waals surface area contributed by atoms with Crippen molar-refractivity contribution in [2.45, 2.75) is 25.0 Å². The van der Waals surface area contributed by atoms with Crippen LogP contribution in [0.15, 0.2) is 79.0 Å². The summed E-state index contributed by atoms with van der Waals surface area (Å²) >= 11 is 0. The number of carbonyl (C=O) groups is 2. The third kappa shape index (κ3) is 4.74. The Bertz CT molecular complexity index is 1430. The lowest BCUT2D eigenvalue weighted by Crippen LogP contribution is -2.43. The lowest BCUT2D eigenvalue weighted by atomic mass is 9.87. The van der Waals surface area contributed by atoms with E-state index < -0.39 is 22.5 Å². The van der Waals surface area contributed by atoms with Crippen molar-refractivity contribution in [2.75, 3.05) is 6.61 Å². The average Bonchev–Trinajstić information content (AvgIpc) is 3.39. The summed E-state index contributed by atoms with van der Waals surface area (Å²) in [5, 5.41) is 18.2. The largest absolute Gasteiger partial charge is 0.492 e. The molecule has 5 rings (SSSR count). The molecule has 1 atom stereocenters. The van der Waals surface area contributed by atoms with E-state index in [2.05, 4.69) is 10.4 Å². The summed E-state index contributed by atoms with van der Waals surface area (Å²) in [5.74, 6) is 0.185. The maximum absolute atomic E-state index is 12.7. The zero-order valence-corrected chi connectivity index (χ0v) is 19.1. The van der Waals surface area contributed by atoms with Crippen LogP contribution in [0, 0.1) is 10.1 Å². The Morgan fingerprint density at radius 2 is 1.72 bits per heavy atom. The molecule has 0 radical (unpaired) electrons. The molecule has 3 aromatic carbocycles. The third-order valence-electron chi connectivity index (χ3n) is 6.07. The van der Waals surface area contributed by atoms with Crippen molar-refractivity contribution in [1.29, 1.82) is 0 Å². The number of rotatable bonds is 9. The fraction of sp³-hybridized carbons (Fsp3) is 0.192. The first-order valence-electron chi connectivity index (χ1n) is 11.3. The van der Waals surface area contributed by atoms with Crippen LogP contribution in [0.5, 0.6) is 5.75 Å². The van der Waals surface area contributed by atoms with Gasteiger partial charge in [0.25, 0.3) is 11.6 Å². The van der Waals surface area contributed by atoms with Gasteiger partial charge in [0.15, 0.2) is 0 Å². The molecular formula is C26H22N4O6. The van der Waals surface area contributed by atoms with Crippen molar-refractivity contribution in [1.82, 2.24) is 15.1 Å². The second-order valence-electron chi connectivity index (χ2n) is 8.54. The van der Waals surface area contributed by atoms with Gasteiger partial charge in [0.1, 0.15) is 12.4 Å². The number of carbonyl (C=O) groups excluding carboxylic acids is 2. The molecule has 0 saturated carbocycles. The molecule has 2 heterocycles. The van der Waals surface area contributed by atoms with Gasteiger partial charge in [-0.1, -0.05) is 42.5 Å². The molecule has 10 heteroatoms. The van der Waals surface area contributed by atoms with Gasteiger partial charge in [0, 0.05) is 30.4 Å². The topological polar surface area (TPSA) is 126 Å². The zero-order valence-electron chi connectivity index (χ0n) is 19.1. The van der Waals surface area contributed by atoms with Crippen LogP contribution in [0.2, 0.25) is 0 Å². The van der Waals surface area contributed by atoms with Crippen LogP contribution < -0.4 is 10.1 Å². The maximum atomic E-state index is 12.7. The normalized spacial score (nSPS) is 17.1. The monoisotopic (exact) mass is 486 g/mol. The number of aromatic nitrogens is 2. The summed E-state index contributed by atoms with van der Waals surface area (Å²) in [6.45, 7) is 0.796. The van der Waals surface area contributed by atoms with Gasteiger partial charge in [0.2, 0.25) is 5.60 Å². The van der Waals surface area contributed by atoms with Gasteiger partial charge >= 0.3 is 6.09 Å². The zero-order chi connectivity index (χ0) is 25.1. The number of alkyl carbamates (subject to hydrolysis) is 1. The van der Waals surface area contributed by atoms with E-state index in [0.29, 0.717) is 24.3 Å². The van der Waals surface area contributed by atoms with Gasteiger partial charge in [-0.15, -0.1) is 0 Å². The van der Waals surface area contributed by atoms with Crippen molar-refractivity contribution >= 4 is 28.6 Å². The van der Waals surface area contributed by atoms with E-state index in [1.54, 1.807) is 29.1 Å². The van der Waals surface area contributed by atoms with E-state index in [1.807, 2.05) is 42.5 Å². The number of cyclic esters (lactones) is 1. The lowest BCUT2D eigenvalue weighted by Gasteiger charge is -2.25. The number of benzene rings is 3. The molecule has 1 unspecified atom stereocenters. The predicted molar refractivity (Wildman–Crippen MR) is 130 cm³/mol. The summed E-state index contributed by atoms with van der Waals surface area (Å²) in [6.07, 6.45) is 1.35. The van der Waals surface area contributed by atoms with Crippen LogP contribution in [-0.4, -0.2) is 38.9 Å².